The second kappa shape index (κ2) is 8.14. The van der Waals surface area contributed by atoms with Gasteiger partial charge in [0.05, 0.1) is 17.5 Å². The quantitative estimate of drug-likeness (QED) is 0.801. The fraction of sp³-hybridized carbons (Fsp3) is 0.333. The maximum atomic E-state index is 12.5. The zero-order valence-electron chi connectivity index (χ0n) is 16.3. The summed E-state index contributed by atoms with van der Waals surface area (Å²) >= 11 is 0. The van der Waals surface area contributed by atoms with Crippen LogP contribution in [0.3, 0.4) is 0 Å². The van der Waals surface area contributed by atoms with Crippen molar-refractivity contribution in [3.05, 3.63) is 65.2 Å². The first-order chi connectivity index (χ1) is 13.3. The molecule has 1 aliphatic heterocycles. The van der Waals surface area contributed by atoms with Gasteiger partial charge in [0.1, 0.15) is 0 Å². The summed E-state index contributed by atoms with van der Waals surface area (Å²) in [7, 11) is -3.31. The molecule has 28 heavy (non-hydrogen) atoms. The first-order valence-corrected chi connectivity index (χ1v) is 11.1. The molecule has 1 atom stereocenters. The largest absolute Gasteiger partial charge is 0.284 e. The van der Waals surface area contributed by atoms with Gasteiger partial charge in [-0.2, -0.15) is 5.10 Å². The van der Waals surface area contributed by atoms with E-state index in [0.29, 0.717) is 18.5 Å². The standard InChI is InChI=1S/C21H25N3O3S/c1-4-21(25)24-20(18-9-7-6-8-15(18)3)14-19(22-24)16-10-12-17(13-11-16)23-28(26,27)5-2/h6-13,20,23H,4-5,14H2,1-3H3/t20-/m1/s1. The lowest BCUT2D eigenvalue weighted by atomic mass is 9.95. The molecule has 0 spiro atoms. The SMILES string of the molecule is CCC(=O)N1N=C(c2ccc(NS(=O)(=O)CC)cc2)C[C@@H]1c1ccccc1C. The molecule has 148 valence electrons. The molecule has 1 heterocycles. The third kappa shape index (κ3) is 4.25. The van der Waals surface area contributed by atoms with Gasteiger partial charge in [0.2, 0.25) is 15.9 Å². The lowest BCUT2D eigenvalue weighted by Gasteiger charge is -2.23. The number of hydrazone groups is 1. The van der Waals surface area contributed by atoms with Gasteiger partial charge in [0.25, 0.3) is 0 Å². The highest BCUT2D eigenvalue weighted by Crippen LogP contribution is 2.34. The van der Waals surface area contributed by atoms with Gasteiger partial charge < -0.3 is 0 Å². The number of amides is 1. The second-order valence-corrected chi connectivity index (χ2v) is 8.81. The van der Waals surface area contributed by atoms with E-state index in [2.05, 4.69) is 9.82 Å². The van der Waals surface area contributed by atoms with Gasteiger partial charge in [0.15, 0.2) is 0 Å². The van der Waals surface area contributed by atoms with Gasteiger partial charge in [0, 0.05) is 18.5 Å². The number of benzene rings is 2. The number of carbonyl (C=O) groups is 1. The van der Waals surface area contributed by atoms with Crippen molar-refractivity contribution in [3.8, 4) is 0 Å². The van der Waals surface area contributed by atoms with E-state index in [1.165, 1.54) is 0 Å². The van der Waals surface area contributed by atoms with Gasteiger partial charge in [-0.1, -0.05) is 43.3 Å². The van der Waals surface area contributed by atoms with Crippen molar-refractivity contribution in [2.75, 3.05) is 10.5 Å². The number of anilines is 1. The first-order valence-electron chi connectivity index (χ1n) is 9.40. The molecular formula is C21H25N3O3S. The van der Waals surface area contributed by atoms with Crippen molar-refractivity contribution in [3.63, 3.8) is 0 Å². The number of carbonyl (C=O) groups excluding carboxylic acids is 1. The van der Waals surface area contributed by atoms with Crippen molar-refractivity contribution < 1.29 is 13.2 Å². The lowest BCUT2D eigenvalue weighted by Crippen LogP contribution is -2.26. The molecule has 0 saturated carbocycles. The Morgan fingerprint density at radius 1 is 1.14 bits per heavy atom. The van der Waals surface area contributed by atoms with Crippen LogP contribution < -0.4 is 4.72 Å². The fourth-order valence-electron chi connectivity index (χ4n) is 3.26. The first kappa shape index (κ1) is 20.1. The minimum absolute atomic E-state index is 0.0180. The van der Waals surface area contributed by atoms with Crippen LogP contribution in [0.4, 0.5) is 5.69 Å². The molecule has 0 aromatic heterocycles. The molecule has 2 aromatic carbocycles. The molecule has 7 heteroatoms. The van der Waals surface area contributed by atoms with E-state index in [1.54, 1.807) is 24.1 Å². The Morgan fingerprint density at radius 3 is 2.43 bits per heavy atom. The Hall–Kier alpha value is -2.67. The minimum Gasteiger partial charge on any atom is -0.284 e. The third-order valence-corrected chi connectivity index (χ3v) is 6.19. The Labute approximate surface area is 166 Å². The van der Waals surface area contributed by atoms with E-state index < -0.39 is 10.0 Å². The molecule has 0 saturated heterocycles. The normalized spacial score (nSPS) is 16.8. The summed E-state index contributed by atoms with van der Waals surface area (Å²) in [5.41, 5.74) is 4.43. The highest BCUT2D eigenvalue weighted by atomic mass is 32.2. The lowest BCUT2D eigenvalue weighted by molar-refractivity contribution is -0.132. The molecule has 1 N–H and O–H groups in total. The molecule has 0 bridgehead atoms. The summed E-state index contributed by atoms with van der Waals surface area (Å²) in [4.78, 5) is 12.5. The topological polar surface area (TPSA) is 78.8 Å². The van der Waals surface area contributed by atoms with E-state index in [-0.39, 0.29) is 17.7 Å². The highest BCUT2D eigenvalue weighted by molar-refractivity contribution is 7.92. The average molecular weight is 400 g/mol. The van der Waals surface area contributed by atoms with Crippen molar-refractivity contribution in [1.82, 2.24) is 5.01 Å². The van der Waals surface area contributed by atoms with Crippen LogP contribution in [0.2, 0.25) is 0 Å². The predicted octanol–water partition coefficient (Wildman–Crippen LogP) is 3.84. The van der Waals surface area contributed by atoms with Crippen LogP contribution in [-0.2, 0) is 14.8 Å². The molecule has 1 aliphatic rings. The van der Waals surface area contributed by atoms with Gasteiger partial charge in [-0.25, -0.2) is 13.4 Å². The number of sulfonamides is 1. The van der Waals surface area contributed by atoms with E-state index in [0.717, 1.165) is 22.4 Å². The number of aryl methyl sites for hydroxylation is 1. The summed E-state index contributed by atoms with van der Waals surface area (Å²) in [5.74, 6) is 0.00350. The summed E-state index contributed by atoms with van der Waals surface area (Å²) in [6.07, 6.45) is 1.01. The number of rotatable bonds is 6. The van der Waals surface area contributed by atoms with E-state index in [9.17, 15) is 13.2 Å². The highest BCUT2D eigenvalue weighted by Gasteiger charge is 2.33. The van der Waals surface area contributed by atoms with Crippen LogP contribution in [0.5, 0.6) is 0 Å². The molecule has 6 nitrogen and oxygen atoms in total. The molecule has 3 rings (SSSR count). The van der Waals surface area contributed by atoms with Crippen molar-refractivity contribution in [2.24, 2.45) is 5.10 Å². The van der Waals surface area contributed by atoms with Crippen LogP contribution in [-0.4, -0.2) is 30.8 Å². The number of hydrogen-bond acceptors (Lipinski definition) is 4. The number of nitrogens with one attached hydrogen (secondary N) is 1. The van der Waals surface area contributed by atoms with E-state index in [1.807, 2.05) is 50.2 Å². The fourth-order valence-corrected chi connectivity index (χ4v) is 3.90. The summed E-state index contributed by atoms with van der Waals surface area (Å²) in [6.45, 7) is 5.46. The van der Waals surface area contributed by atoms with Gasteiger partial charge >= 0.3 is 0 Å². The zero-order chi connectivity index (χ0) is 20.3. The Bertz CT molecular complexity index is 998. The smallest absolute Gasteiger partial charge is 0.242 e. The van der Waals surface area contributed by atoms with Crippen molar-refractivity contribution in [2.45, 2.75) is 39.7 Å². The van der Waals surface area contributed by atoms with Crippen molar-refractivity contribution >= 4 is 27.3 Å². The third-order valence-electron chi connectivity index (χ3n) is 4.89. The summed E-state index contributed by atoms with van der Waals surface area (Å²) in [6, 6.07) is 15.0. The molecule has 0 aliphatic carbocycles. The molecule has 0 fully saturated rings. The van der Waals surface area contributed by atoms with Gasteiger partial charge in [-0.3, -0.25) is 9.52 Å². The number of hydrogen-bond donors (Lipinski definition) is 1. The Balaban J connectivity index is 1.88. The maximum absolute atomic E-state index is 12.5. The monoisotopic (exact) mass is 399 g/mol. The van der Waals surface area contributed by atoms with Gasteiger partial charge in [-0.15, -0.1) is 0 Å². The van der Waals surface area contributed by atoms with Crippen LogP contribution in [0.15, 0.2) is 53.6 Å². The maximum Gasteiger partial charge on any atom is 0.242 e. The second-order valence-electron chi connectivity index (χ2n) is 6.80. The van der Waals surface area contributed by atoms with Crippen LogP contribution >= 0.6 is 0 Å². The average Bonchev–Trinajstić information content (AvgIpc) is 3.13. The predicted molar refractivity (Wildman–Crippen MR) is 112 cm³/mol. The molecule has 1 amide bonds. The molecule has 0 unspecified atom stereocenters. The Morgan fingerprint density at radius 2 is 1.82 bits per heavy atom. The zero-order valence-corrected chi connectivity index (χ0v) is 17.2. The van der Waals surface area contributed by atoms with E-state index in [4.69, 9.17) is 0 Å². The molecule has 0 radical (unpaired) electrons. The molecular weight excluding hydrogens is 374 g/mol. The van der Waals surface area contributed by atoms with Crippen molar-refractivity contribution in [1.29, 1.82) is 0 Å². The summed E-state index contributed by atoms with van der Waals surface area (Å²) < 4.78 is 26.0. The van der Waals surface area contributed by atoms with Gasteiger partial charge in [-0.05, 0) is 42.7 Å². The van der Waals surface area contributed by atoms with Crippen LogP contribution in [0, 0.1) is 6.92 Å². The van der Waals surface area contributed by atoms with Crippen LogP contribution in [0.25, 0.3) is 0 Å². The summed E-state index contributed by atoms with van der Waals surface area (Å²) in [5, 5.41) is 6.20. The Kier molecular flexibility index (Phi) is 5.84. The van der Waals surface area contributed by atoms with E-state index >= 15 is 0 Å². The number of nitrogens with zero attached hydrogens (tertiary/aromatic N) is 2. The molecule has 2 aromatic rings. The van der Waals surface area contributed by atoms with Crippen LogP contribution in [0.1, 0.15) is 49.4 Å². The minimum atomic E-state index is -3.31.